The van der Waals surface area contributed by atoms with E-state index in [1.165, 1.54) is 31.4 Å². The van der Waals surface area contributed by atoms with Crippen molar-refractivity contribution in [2.45, 2.75) is 71.4 Å². The molecule has 1 saturated carbocycles. The lowest BCUT2D eigenvalue weighted by Crippen LogP contribution is -2.41. The lowest BCUT2D eigenvalue weighted by Gasteiger charge is -2.40. The first-order valence-electron chi connectivity index (χ1n) is 8.89. The molecule has 0 radical (unpaired) electrons. The van der Waals surface area contributed by atoms with Crippen LogP contribution in [0.15, 0.2) is 48.0 Å². The standard InChI is InChI=1S/C20H30FNO2/c1-4-9-17(21)13-12-16(3)22(19-10-7-6-8-11-19)18(5-2)14-15-20(23)24/h5,9,12-16,19H,4,6-8,10-11H2,1-3H3,(H,23,24)/b13-12-,15-14+,17-9+,18-5-/t16-/m0/s1. The second-order valence-electron chi connectivity index (χ2n) is 6.18. The molecule has 0 spiro atoms. The fourth-order valence-electron chi connectivity index (χ4n) is 3.21. The highest BCUT2D eigenvalue weighted by Crippen LogP contribution is 2.28. The predicted octanol–water partition coefficient (Wildman–Crippen LogP) is 5.37. The van der Waals surface area contributed by atoms with Gasteiger partial charge in [0.25, 0.3) is 0 Å². The Balaban J connectivity index is 3.03. The van der Waals surface area contributed by atoms with Crippen LogP contribution in [0.25, 0.3) is 0 Å². The molecule has 24 heavy (non-hydrogen) atoms. The van der Waals surface area contributed by atoms with Gasteiger partial charge in [-0.25, -0.2) is 9.18 Å². The minimum Gasteiger partial charge on any atom is -0.478 e. The SMILES string of the molecule is C/C=C(/C=C/C(=O)O)N(C1CCCCC1)[C@@H](C)/C=C\C(F)=C/CC. The van der Waals surface area contributed by atoms with E-state index in [2.05, 4.69) is 4.90 Å². The molecule has 0 heterocycles. The Bertz CT molecular complexity index is 514. The Kier molecular flexibility index (Phi) is 9.13. The molecular weight excluding hydrogens is 305 g/mol. The molecule has 1 aliphatic carbocycles. The van der Waals surface area contributed by atoms with Gasteiger partial charge in [0, 0.05) is 23.9 Å². The van der Waals surface area contributed by atoms with Crippen LogP contribution in [-0.4, -0.2) is 28.1 Å². The third-order valence-corrected chi connectivity index (χ3v) is 4.33. The molecule has 0 aliphatic heterocycles. The van der Waals surface area contributed by atoms with Crippen LogP contribution in [0.4, 0.5) is 4.39 Å². The number of carbonyl (C=O) groups is 1. The molecule has 0 aromatic carbocycles. The fraction of sp³-hybridized carbons (Fsp3) is 0.550. The van der Waals surface area contributed by atoms with E-state index in [1.807, 2.05) is 32.9 Å². The minimum atomic E-state index is -0.960. The van der Waals surface area contributed by atoms with E-state index < -0.39 is 5.97 Å². The predicted molar refractivity (Wildman–Crippen MR) is 97.3 cm³/mol. The van der Waals surface area contributed by atoms with Gasteiger partial charge in [0.15, 0.2) is 0 Å². The number of allylic oxidation sites excluding steroid dienone is 5. The summed E-state index contributed by atoms with van der Waals surface area (Å²) in [6.45, 7) is 5.84. The van der Waals surface area contributed by atoms with Crippen LogP contribution in [-0.2, 0) is 4.79 Å². The average molecular weight is 335 g/mol. The van der Waals surface area contributed by atoms with Gasteiger partial charge in [-0.2, -0.15) is 0 Å². The number of nitrogens with zero attached hydrogens (tertiary/aromatic N) is 1. The van der Waals surface area contributed by atoms with Crippen LogP contribution in [0.3, 0.4) is 0 Å². The van der Waals surface area contributed by atoms with E-state index in [1.54, 1.807) is 12.2 Å². The van der Waals surface area contributed by atoms with Gasteiger partial charge in [-0.15, -0.1) is 0 Å². The molecule has 1 rings (SSSR count). The van der Waals surface area contributed by atoms with Crippen LogP contribution in [0.1, 0.15) is 59.3 Å². The maximum Gasteiger partial charge on any atom is 0.328 e. The van der Waals surface area contributed by atoms with E-state index in [0.29, 0.717) is 12.5 Å². The summed E-state index contributed by atoms with van der Waals surface area (Å²) in [5.41, 5.74) is 0.876. The first-order chi connectivity index (χ1) is 11.5. The number of hydrogen-bond acceptors (Lipinski definition) is 2. The molecule has 4 heteroatoms. The van der Waals surface area contributed by atoms with Crippen molar-refractivity contribution >= 4 is 5.97 Å². The zero-order valence-electron chi connectivity index (χ0n) is 15.0. The highest BCUT2D eigenvalue weighted by molar-refractivity contribution is 5.80. The highest BCUT2D eigenvalue weighted by atomic mass is 19.1. The maximum atomic E-state index is 13.7. The minimum absolute atomic E-state index is 0.00579. The molecule has 0 saturated heterocycles. The number of carboxylic acid groups (broad SMARTS) is 1. The van der Waals surface area contributed by atoms with Crippen molar-refractivity contribution in [2.24, 2.45) is 0 Å². The van der Waals surface area contributed by atoms with Gasteiger partial charge < -0.3 is 10.0 Å². The third-order valence-electron chi connectivity index (χ3n) is 4.33. The summed E-state index contributed by atoms with van der Waals surface area (Å²) in [6, 6.07) is 0.356. The molecule has 1 aliphatic rings. The van der Waals surface area contributed by atoms with Crippen LogP contribution in [0.2, 0.25) is 0 Å². The average Bonchev–Trinajstić information content (AvgIpc) is 2.57. The summed E-state index contributed by atoms with van der Waals surface area (Å²) in [5, 5.41) is 8.92. The Morgan fingerprint density at radius 1 is 1.25 bits per heavy atom. The molecule has 0 bridgehead atoms. The molecule has 0 unspecified atom stereocenters. The topological polar surface area (TPSA) is 40.5 Å². The molecule has 1 N–H and O–H groups in total. The smallest absolute Gasteiger partial charge is 0.328 e. The Morgan fingerprint density at radius 3 is 2.46 bits per heavy atom. The number of aliphatic carboxylic acids is 1. The molecule has 0 amide bonds. The molecule has 134 valence electrons. The Morgan fingerprint density at radius 2 is 1.92 bits per heavy atom. The van der Waals surface area contributed by atoms with E-state index in [9.17, 15) is 9.18 Å². The van der Waals surface area contributed by atoms with Gasteiger partial charge in [0.1, 0.15) is 5.83 Å². The highest BCUT2D eigenvalue weighted by Gasteiger charge is 2.25. The summed E-state index contributed by atoms with van der Waals surface area (Å²) >= 11 is 0. The molecular formula is C20H30FNO2. The quantitative estimate of drug-likeness (QED) is 0.478. The van der Waals surface area contributed by atoms with Gasteiger partial charge in [0.05, 0.1) is 0 Å². The lowest BCUT2D eigenvalue weighted by atomic mass is 9.92. The van der Waals surface area contributed by atoms with E-state index >= 15 is 0 Å². The van der Waals surface area contributed by atoms with Crippen molar-refractivity contribution in [3.8, 4) is 0 Å². The molecule has 0 aromatic rings. The van der Waals surface area contributed by atoms with Crippen LogP contribution < -0.4 is 0 Å². The monoisotopic (exact) mass is 335 g/mol. The second-order valence-corrected chi connectivity index (χ2v) is 6.18. The summed E-state index contributed by atoms with van der Waals surface area (Å²) in [6.07, 6.45) is 16.1. The largest absolute Gasteiger partial charge is 0.478 e. The van der Waals surface area contributed by atoms with Gasteiger partial charge in [-0.1, -0.05) is 38.3 Å². The lowest BCUT2D eigenvalue weighted by molar-refractivity contribution is -0.131. The van der Waals surface area contributed by atoms with E-state index in [4.69, 9.17) is 5.11 Å². The van der Waals surface area contributed by atoms with Crippen LogP contribution in [0, 0.1) is 0 Å². The van der Waals surface area contributed by atoms with Crippen LogP contribution in [0.5, 0.6) is 0 Å². The first kappa shape index (κ1) is 20.2. The van der Waals surface area contributed by atoms with Crippen molar-refractivity contribution in [3.63, 3.8) is 0 Å². The van der Waals surface area contributed by atoms with Crippen LogP contribution >= 0.6 is 0 Å². The maximum absolute atomic E-state index is 13.7. The zero-order valence-corrected chi connectivity index (χ0v) is 15.0. The number of halogens is 1. The van der Waals surface area contributed by atoms with Crippen molar-refractivity contribution in [3.05, 3.63) is 48.0 Å². The van der Waals surface area contributed by atoms with Crippen molar-refractivity contribution in [2.75, 3.05) is 0 Å². The Hall–Kier alpha value is -1.84. The summed E-state index contributed by atoms with van der Waals surface area (Å²) < 4.78 is 13.7. The second kappa shape index (κ2) is 10.8. The zero-order chi connectivity index (χ0) is 17.9. The molecule has 1 fully saturated rings. The molecule has 1 atom stereocenters. The third kappa shape index (κ3) is 6.73. The normalized spacial score (nSPS) is 19.2. The summed E-state index contributed by atoms with van der Waals surface area (Å²) in [5.74, 6) is -1.19. The van der Waals surface area contributed by atoms with Crippen molar-refractivity contribution in [1.29, 1.82) is 0 Å². The first-order valence-corrected chi connectivity index (χ1v) is 8.89. The number of hydrogen-bond donors (Lipinski definition) is 1. The summed E-state index contributed by atoms with van der Waals surface area (Å²) in [7, 11) is 0. The van der Waals surface area contributed by atoms with E-state index in [0.717, 1.165) is 18.5 Å². The van der Waals surface area contributed by atoms with Crippen molar-refractivity contribution < 1.29 is 14.3 Å². The van der Waals surface area contributed by atoms with Gasteiger partial charge in [0.2, 0.25) is 0 Å². The molecule has 0 aromatic heterocycles. The van der Waals surface area contributed by atoms with Gasteiger partial charge in [-0.05, 0) is 51.3 Å². The molecule has 3 nitrogen and oxygen atoms in total. The summed E-state index contributed by atoms with van der Waals surface area (Å²) in [4.78, 5) is 13.1. The number of rotatable bonds is 8. The Labute approximate surface area is 145 Å². The number of carboxylic acids is 1. The van der Waals surface area contributed by atoms with E-state index in [-0.39, 0.29) is 11.9 Å². The van der Waals surface area contributed by atoms with Gasteiger partial charge in [-0.3, -0.25) is 0 Å². The van der Waals surface area contributed by atoms with Gasteiger partial charge >= 0.3 is 5.97 Å². The fourth-order valence-corrected chi connectivity index (χ4v) is 3.21. The van der Waals surface area contributed by atoms with Crippen molar-refractivity contribution in [1.82, 2.24) is 4.90 Å².